The summed E-state index contributed by atoms with van der Waals surface area (Å²) in [4.78, 5) is 32.4. The maximum absolute atomic E-state index is 13.9. The Balaban J connectivity index is 1.72. The third-order valence-electron chi connectivity index (χ3n) is 6.04. The predicted molar refractivity (Wildman–Crippen MR) is 101 cm³/mol. The van der Waals surface area contributed by atoms with Crippen molar-refractivity contribution in [2.45, 2.75) is 37.1 Å². The lowest BCUT2D eigenvalue weighted by molar-refractivity contribution is -0.240. The fourth-order valence-electron chi connectivity index (χ4n) is 4.44. The summed E-state index contributed by atoms with van der Waals surface area (Å²) in [6, 6.07) is 5.77. The average molecular weight is 436 g/mol. The van der Waals surface area contributed by atoms with Gasteiger partial charge in [0.25, 0.3) is 11.8 Å². The molecule has 0 aromatic carbocycles. The lowest BCUT2D eigenvalue weighted by Gasteiger charge is -2.25. The van der Waals surface area contributed by atoms with Crippen molar-refractivity contribution in [3.8, 4) is 5.75 Å². The molecule has 1 aliphatic heterocycles. The van der Waals surface area contributed by atoms with Crippen LogP contribution in [0.1, 0.15) is 35.4 Å². The number of fused-ring (bicyclic) bond motifs is 1. The van der Waals surface area contributed by atoms with E-state index < -0.39 is 41.0 Å². The van der Waals surface area contributed by atoms with E-state index in [1.165, 1.54) is 38.6 Å². The molecule has 164 valence electrons. The van der Waals surface area contributed by atoms with Gasteiger partial charge in [-0.3, -0.25) is 19.6 Å². The number of carbonyl (C=O) groups excluding carboxylic acids is 2. The molecule has 31 heavy (non-hydrogen) atoms. The first-order valence-electron chi connectivity index (χ1n) is 9.34. The van der Waals surface area contributed by atoms with Crippen molar-refractivity contribution in [3.63, 3.8) is 0 Å². The molecule has 1 aliphatic carbocycles. The van der Waals surface area contributed by atoms with E-state index in [0.29, 0.717) is 0 Å². The van der Waals surface area contributed by atoms with Gasteiger partial charge in [-0.2, -0.15) is 13.2 Å². The lowest BCUT2D eigenvalue weighted by Crippen LogP contribution is -2.39. The van der Waals surface area contributed by atoms with Gasteiger partial charge < -0.3 is 20.5 Å². The minimum atomic E-state index is -4.67. The fraction of sp³-hybridized carbons (Fsp3) is 0.400. The molecule has 2 aromatic rings. The smallest absolute Gasteiger partial charge is 0.418 e. The normalized spacial score (nSPS) is 29.2. The van der Waals surface area contributed by atoms with E-state index in [1.807, 2.05) is 0 Å². The topological polar surface area (TPSA) is 116 Å². The number of hydrogen-bond acceptors (Lipinski definition) is 6. The molecular formula is C20H19F3N4O4. The van der Waals surface area contributed by atoms with Gasteiger partial charge in [0.2, 0.25) is 0 Å². The van der Waals surface area contributed by atoms with Crippen LogP contribution in [0.4, 0.5) is 18.9 Å². The van der Waals surface area contributed by atoms with Crippen LogP contribution < -0.4 is 15.8 Å². The molecule has 3 N–H and O–H groups in total. The number of halogens is 3. The van der Waals surface area contributed by atoms with Crippen LogP contribution in [0.15, 0.2) is 36.7 Å². The number of ether oxygens (including phenoxy) is 2. The summed E-state index contributed by atoms with van der Waals surface area (Å²) in [5.74, 6) is -2.37. The van der Waals surface area contributed by atoms with Crippen LogP contribution in [0.25, 0.3) is 0 Å². The van der Waals surface area contributed by atoms with Crippen molar-refractivity contribution < 1.29 is 32.2 Å². The number of carbonyl (C=O) groups is 2. The van der Waals surface area contributed by atoms with Crippen molar-refractivity contribution in [1.29, 1.82) is 0 Å². The first-order chi connectivity index (χ1) is 14.5. The number of methoxy groups -OCH3 is 1. The van der Waals surface area contributed by atoms with Crippen molar-refractivity contribution >= 4 is 17.5 Å². The zero-order valence-corrected chi connectivity index (χ0v) is 16.6. The highest BCUT2D eigenvalue weighted by atomic mass is 19.4. The number of nitrogens with zero attached hydrogens (tertiary/aromatic N) is 2. The van der Waals surface area contributed by atoms with Gasteiger partial charge in [0, 0.05) is 29.4 Å². The standard InChI is InChI=1S/C20H19F3N4O4/c1-18-9-19(18,20(21,22)23)31-15(13(18)14-12(30-2)4-3-6-26-14)17(29)27-10-5-7-25-11(8-10)16(24)28/h3-8,13,15H,9H2,1-2H3,(H2,24,28)(H,25,27,29)/t13-,15+,18+,19+/m0/s1. The highest BCUT2D eigenvalue weighted by Gasteiger charge is 2.87. The second-order valence-electron chi connectivity index (χ2n) is 7.81. The Kier molecular flexibility index (Phi) is 4.69. The second-order valence-corrected chi connectivity index (χ2v) is 7.81. The summed E-state index contributed by atoms with van der Waals surface area (Å²) in [5.41, 5.74) is 1.60. The molecule has 0 radical (unpaired) electrons. The summed E-state index contributed by atoms with van der Waals surface area (Å²) >= 11 is 0. The van der Waals surface area contributed by atoms with Crippen molar-refractivity contribution in [2.75, 3.05) is 12.4 Å². The number of nitrogens with two attached hydrogens (primary N) is 1. The number of anilines is 1. The van der Waals surface area contributed by atoms with Crippen LogP contribution in [0.5, 0.6) is 5.75 Å². The molecule has 11 heteroatoms. The zero-order chi connectivity index (χ0) is 22.6. The van der Waals surface area contributed by atoms with Gasteiger partial charge in [-0.25, -0.2) is 0 Å². The number of nitrogens with one attached hydrogen (secondary N) is 1. The van der Waals surface area contributed by atoms with Crippen molar-refractivity contribution in [2.24, 2.45) is 11.1 Å². The average Bonchev–Trinajstić information content (AvgIpc) is 3.25. The van der Waals surface area contributed by atoms with Crippen LogP contribution in [0.2, 0.25) is 0 Å². The van der Waals surface area contributed by atoms with Crippen LogP contribution in [0.3, 0.4) is 0 Å². The summed E-state index contributed by atoms with van der Waals surface area (Å²) in [6.45, 7) is 1.43. The molecule has 2 aromatic heterocycles. The third-order valence-corrected chi connectivity index (χ3v) is 6.04. The maximum atomic E-state index is 13.9. The Hall–Kier alpha value is -3.21. The molecule has 2 aliphatic rings. The van der Waals surface area contributed by atoms with Gasteiger partial charge >= 0.3 is 6.18 Å². The van der Waals surface area contributed by atoms with Gasteiger partial charge in [0.05, 0.1) is 12.8 Å². The quantitative estimate of drug-likeness (QED) is 0.744. The summed E-state index contributed by atoms with van der Waals surface area (Å²) in [5, 5.41) is 2.50. The molecule has 2 amide bonds. The third kappa shape index (κ3) is 3.11. The highest BCUT2D eigenvalue weighted by Crippen LogP contribution is 2.77. The van der Waals surface area contributed by atoms with Gasteiger partial charge in [-0.1, -0.05) is 6.92 Å². The number of pyridine rings is 2. The number of rotatable bonds is 5. The van der Waals surface area contributed by atoms with E-state index in [0.717, 1.165) is 0 Å². The monoisotopic (exact) mass is 436 g/mol. The molecule has 2 fully saturated rings. The van der Waals surface area contributed by atoms with Crippen LogP contribution in [-0.2, 0) is 9.53 Å². The van der Waals surface area contributed by atoms with Crippen LogP contribution >= 0.6 is 0 Å². The Morgan fingerprint density at radius 2 is 2.03 bits per heavy atom. The molecule has 0 unspecified atom stereocenters. The number of aromatic nitrogens is 2. The molecule has 4 rings (SSSR count). The largest absolute Gasteiger partial charge is 0.495 e. The van der Waals surface area contributed by atoms with Crippen LogP contribution in [-0.4, -0.2) is 46.8 Å². The number of hydrogen-bond donors (Lipinski definition) is 2. The fourth-order valence-corrected chi connectivity index (χ4v) is 4.44. The highest BCUT2D eigenvalue weighted by molar-refractivity contribution is 5.97. The molecule has 8 nitrogen and oxygen atoms in total. The Morgan fingerprint density at radius 3 is 2.68 bits per heavy atom. The molecule has 0 spiro atoms. The lowest BCUT2D eigenvalue weighted by atomic mass is 9.82. The molecule has 3 heterocycles. The molecule has 4 atom stereocenters. The van der Waals surface area contributed by atoms with E-state index in [9.17, 15) is 22.8 Å². The number of primary amides is 1. The van der Waals surface area contributed by atoms with E-state index in [1.54, 1.807) is 12.1 Å². The molecule has 1 saturated heterocycles. The summed E-state index contributed by atoms with van der Waals surface area (Å²) in [7, 11) is 1.37. The zero-order valence-electron chi connectivity index (χ0n) is 16.6. The van der Waals surface area contributed by atoms with E-state index >= 15 is 0 Å². The predicted octanol–water partition coefficient (Wildman–Crippen LogP) is 2.42. The van der Waals surface area contributed by atoms with E-state index in [-0.39, 0.29) is 29.2 Å². The first-order valence-corrected chi connectivity index (χ1v) is 9.34. The molecule has 1 saturated carbocycles. The number of amides is 2. The van der Waals surface area contributed by atoms with Gasteiger partial charge in [0.1, 0.15) is 17.5 Å². The second kappa shape index (κ2) is 6.91. The summed E-state index contributed by atoms with van der Waals surface area (Å²) in [6.07, 6.45) is -3.78. The van der Waals surface area contributed by atoms with Gasteiger partial charge in [-0.15, -0.1) is 0 Å². The van der Waals surface area contributed by atoms with Gasteiger partial charge in [-0.05, 0) is 30.7 Å². The maximum Gasteiger partial charge on any atom is 0.418 e. The molecular weight excluding hydrogens is 417 g/mol. The summed E-state index contributed by atoms with van der Waals surface area (Å²) < 4.78 is 52.5. The number of alkyl halides is 3. The minimum absolute atomic E-state index is 0.102. The van der Waals surface area contributed by atoms with E-state index in [4.69, 9.17) is 15.2 Å². The minimum Gasteiger partial charge on any atom is -0.495 e. The van der Waals surface area contributed by atoms with Crippen molar-refractivity contribution in [3.05, 3.63) is 48.0 Å². The Labute approximate surface area is 175 Å². The SMILES string of the molecule is COc1cccnc1[C@H]1[C@H](C(=O)Nc2ccnc(C(N)=O)c2)O[C@]2(C(F)(F)F)C[C@]12C. The Bertz CT molecular complexity index is 1060. The van der Waals surface area contributed by atoms with E-state index in [2.05, 4.69) is 15.3 Å². The van der Waals surface area contributed by atoms with Gasteiger partial charge in [0.15, 0.2) is 5.60 Å². The Morgan fingerprint density at radius 1 is 1.29 bits per heavy atom. The van der Waals surface area contributed by atoms with Crippen LogP contribution in [0, 0.1) is 5.41 Å². The molecule has 0 bridgehead atoms. The first kappa shape index (κ1) is 21.0. The van der Waals surface area contributed by atoms with Crippen molar-refractivity contribution in [1.82, 2.24) is 9.97 Å².